The fourth-order valence-electron chi connectivity index (χ4n) is 1.97. The minimum Gasteiger partial charge on any atom is -0.388 e. The molecule has 1 aliphatic rings. The lowest BCUT2D eigenvalue weighted by Crippen LogP contribution is -2.34. The number of rotatable bonds is 3. The Morgan fingerprint density at radius 1 is 1.39 bits per heavy atom. The molecule has 1 atom stereocenters. The first-order valence-corrected chi connectivity index (χ1v) is 6.37. The summed E-state index contributed by atoms with van der Waals surface area (Å²) in [5.74, 6) is 5.89. The molecule has 1 aromatic rings. The van der Waals surface area contributed by atoms with Crippen LogP contribution in [0.15, 0.2) is 24.3 Å². The first-order chi connectivity index (χ1) is 8.63. The SMILES string of the molecule is NCCC(O)c1cccc(C#CC2(O)CCC2)c1. The van der Waals surface area contributed by atoms with E-state index < -0.39 is 11.7 Å². The minimum absolute atomic E-state index is 0.455. The maximum Gasteiger partial charge on any atom is 0.125 e. The predicted molar refractivity (Wildman–Crippen MR) is 70.8 cm³/mol. The average Bonchev–Trinajstić information content (AvgIpc) is 2.35. The Hall–Kier alpha value is -1.34. The summed E-state index contributed by atoms with van der Waals surface area (Å²) in [5.41, 5.74) is 6.29. The van der Waals surface area contributed by atoms with Crippen LogP contribution in [0.1, 0.15) is 42.9 Å². The van der Waals surface area contributed by atoms with Crippen LogP contribution in [-0.4, -0.2) is 22.4 Å². The van der Waals surface area contributed by atoms with E-state index in [1.54, 1.807) is 0 Å². The third-order valence-corrected chi connectivity index (χ3v) is 3.33. The van der Waals surface area contributed by atoms with Crippen LogP contribution in [0.2, 0.25) is 0 Å². The lowest BCUT2D eigenvalue weighted by atomic mass is 9.81. The van der Waals surface area contributed by atoms with Gasteiger partial charge < -0.3 is 15.9 Å². The zero-order valence-corrected chi connectivity index (χ0v) is 10.4. The Morgan fingerprint density at radius 2 is 2.17 bits per heavy atom. The van der Waals surface area contributed by atoms with Crippen LogP contribution in [0.5, 0.6) is 0 Å². The molecular weight excluding hydrogens is 226 g/mol. The third-order valence-electron chi connectivity index (χ3n) is 3.33. The van der Waals surface area contributed by atoms with Crippen molar-refractivity contribution in [2.75, 3.05) is 6.54 Å². The average molecular weight is 245 g/mol. The number of aliphatic hydroxyl groups is 2. The predicted octanol–water partition coefficient (Wildman–Crippen LogP) is 1.34. The quantitative estimate of drug-likeness (QED) is 0.704. The summed E-state index contributed by atoms with van der Waals surface area (Å²) in [6.07, 6.45) is 2.57. The van der Waals surface area contributed by atoms with Crippen molar-refractivity contribution in [2.24, 2.45) is 5.73 Å². The molecular formula is C15H19NO2. The summed E-state index contributed by atoms with van der Waals surface area (Å²) in [4.78, 5) is 0. The molecule has 0 amide bonds. The fraction of sp³-hybridized carbons (Fsp3) is 0.467. The van der Waals surface area contributed by atoms with Gasteiger partial charge in [0.1, 0.15) is 5.60 Å². The number of hydrogen-bond donors (Lipinski definition) is 3. The van der Waals surface area contributed by atoms with Gasteiger partial charge in [0.25, 0.3) is 0 Å². The van der Waals surface area contributed by atoms with Gasteiger partial charge in [0.05, 0.1) is 6.10 Å². The van der Waals surface area contributed by atoms with Crippen LogP contribution in [0.25, 0.3) is 0 Å². The summed E-state index contributed by atoms with van der Waals surface area (Å²) in [6, 6.07) is 7.47. The van der Waals surface area contributed by atoms with Gasteiger partial charge in [-0.3, -0.25) is 0 Å². The van der Waals surface area contributed by atoms with Crippen molar-refractivity contribution < 1.29 is 10.2 Å². The van der Waals surface area contributed by atoms with E-state index in [1.165, 1.54) is 0 Å². The molecule has 0 aliphatic heterocycles. The largest absolute Gasteiger partial charge is 0.388 e. The molecule has 0 heterocycles. The van der Waals surface area contributed by atoms with Gasteiger partial charge >= 0.3 is 0 Å². The van der Waals surface area contributed by atoms with Crippen LogP contribution < -0.4 is 5.73 Å². The smallest absolute Gasteiger partial charge is 0.125 e. The van der Waals surface area contributed by atoms with Crippen molar-refractivity contribution in [3.8, 4) is 11.8 Å². The van der Waals surface area contributed by atoms with E-state index >= 15 is 0 Å². The van der Waals surface area contributed by atoms with Crippen LogP contribution in [0, 0.1) is 11.8 Å². The molecule has 96 valence electrons. The zero-order valence-electron chi connectivity index (χ0n) is 10.4. The number of nitrogens with two attached hydrogens (primary N) is 1. The highest BCUT2D eigenvalue weighted by Gasteiger charge is 2.31. The number of benzene rings is 1. The topological polar surface area (TPSA) is 66.5 Å². The molecule has 2 rings (SSSR count). The second-order valence-electron chi connectivity index (χ2n) is 4.85. The van der Waals surface area contributed by atoms with Gasteiger partial charge in [0.15, 0.2) is 0 Å². The molecule has 0 bridgehead atoms. The molecule has 18 heavy (non-hydrogen) atoms. The molecule has 1 fully saturated rings. The molecule has 0 saturated heterocycles. The normalized spacial score (nSPS) is 18.4. The minimum atomic E-state index is -0.786. The summed E-state index contributed by atoms with van der Waals surface area (Å²) in [6.45, 7) is 0.455. The molecule has 1 aromatic carbocycles. The molecule has 3 nitrogen and oxygen atoms in total. The Kier molecular flexibility index (Phi) is 4.03. The molecule has 1 aliphatic carbocycles. The van der Waals surface area contributed by atoms with E-state index in [0.717, 1.165) is 30.4 Å². The van der Waals surface area contributed by atoms with E-state index in [0.29, 0.717) is 13.0 Å². The monoisotopic (exact) mass is 245 g/mol. The Labute approximate surface area is 108 Å². The van der Waals surface area contributed by atoms with Gasteiger partial charge in [-0.2, -0.15) is 0 Å². The highest BCUT2D eigenvalue weighted by Crippen LogP contribution is 2.30. The van der Waals surface area contributed by atoms with Gasteiger partial charge in [-0.25, -0.2) is 0 Å². The van der Waals surface area contributed by atoms with Gasteiger partial charge in [-0.05, 0) is 49.9 Å². The van der Waals surface area contributed by atoms with E-state index in [1.807, 2.05) is 24.3 Å². The lowest BCUT2D eigenvalue weighted by molar-refractivity contribution is 0.0240. The second-order valence-corrected chi connectivity index (χ2v) is 4.85. The maximum absolute atomic E-state index is 9.89. The molecule has 0 radical (unpaired) electrons. The maximum atomic E-state index is 9.89. The van der Waals surface area contributed by atoms with Gasteiger partial charge in [-0.1, -0.05) is 24.0 Å². The molecule has 1 unspecified atom stereocenters. The summed E-state index contributed by atoms with van der Waals surface area (Å²) in [5, 5.41) is 19.7. The Bertz CT molecular complexity index is 469. The first kappa shape index (κ1) is 13.1. The lowest BCUT2D eigenvalue weighted by Gasteiger charge is -2.30. The van der Waals surface area contributed by atoms with Crippen molar-refractivity contribution in [3.05, 3.63) is 35.4 Å². The van der Waals surface area contributed by atoms with E-state index in [9.17, 15) is 10.2 Å². The van der Waals surface area contributed by atoms with Crippen molar-refractivity contribution in [3.63, 3.8) is 0 Å². The van der Waals surface area contributed by atoms with Crippen LogP contribution >= 0.6 is 0 Å². The highest BCUT2D eigenvalue weighted by molar-refractivity contribution is 5.39. The number of hydrogen-bond acceptors (Lipinski definition) is 3. The molecule has 4 N–H and O–H groups in total. The summed E-state index contributed by atoms with van der Waals surface area (Å²) >= 11 is 0. The molecule has 0 spiro atoms. The van der Waals surface area contributed by atoms with Crippen LogP contribution in [0.3, 0.4) is 0 Å². The summed E-state index contributed by atoms with van der Waals surface area (Å²) in [7, 11) is 0. The fourth-order valence-corrected chi connectivity index (χ4v) is 1.97. The van der Waals surface area contributed by atoms with Gasteiger partial charge in [-0.15, -0.1) is 0 Å². The van der Waals surface area contributed by atoms with E-state index in [2.05, 4.69) is 11.8 Å². The molecule has 3 heteroatoms. The second kappa shape index (κ2) is 5.53. The van der Waals surface area contributed by atoms with Crippen LogP contribution in [-0.2, 0) is 0 Å². The van der Waals surface area contributed by atoms with E-state index in [4.69, 9.17) is 5.73 Å². The Balaban J connectivity index is 2.12. The molecule has 0 aromatic heterocycles. The van der Waals surface area contributed by atoms with Crippen molar-refractivity contribution in [1.29, 1.82) is 0 Å². The van der Waals surface area contributed by atoms with Crippen LogP contribution in [0.4, 0.5) is 0 Å². The highest BCUT2D eigenvalue weighted by atomic mass is 16.3. The standard InChI is InChI=1S/C15H19NO2/c16-10-6-14(17)13-4-1-3-12(11-13)5-9-15(18)7-2-8-15/h1,3-4,11,14,17-18H,2,6-8,10,16H2. The first-order valence-electron chi connectivity index (χ1n) is 6.37. The van der Waals surface area contributed by atoms with Gasteiger partial charge in [0, 0.05) is 5.56 Å². The molecule has 1 saturated carbocycles. The van der Waals surface area contributed by atoms with Crippen molar-refractivity contribution in [2.45, 2.75) is 37.4 Å². The van der Waals surface area contributed by atoms with Crippen molar-refractivity contribution >= 4 is 0 Å². The zero-order chi connectivity index (χ0) is 13.0. The Morgan fingerprint density at radius 3 is 2.78 bits per heavy atom. The van der Waals surface area contributed by atoms with Gasteiger partial charge in [0.2, 0.25) is 0 Å². The van der Waals surface area contributed by atoms with E-state index in [-0.39, 0.29) is 0 Å². The third kappa shape index (κ3) is 3.11. The summed E-state index contributed by atoms with van der Waals surface area (Å²) < 4.78 is 0. The number of aliphatic hydroxyl groups excluding tert-OH is 1. The van der Waals surface area contributed by atoms with Crippen molar-refractivity contribution in [1.82, 2.24) is 0 Å².